The van der Waals surface area contributed by atoms with Gasteiger partial charge in [0.15, 0.2) is 0 Å². The number of hydrogen-bond acceptors (Lipinski definition) is 1. The third-order valence-corrected chi connectivity index (χ3v) is 2.18. The van der Waals surface area contributed by atoms with Gasteiger partial charge in [0, 0.05) is 0 Å². The van der Waals surface area contributed by atoms with Crippen molar-refractivity contribution in [2.75, 3.05) is 0 Å². The van der Waals surface area contributed by atoms with Gasteiger partial charge >= 0.3 is 0 Å². The fourth-order valence-corrected chi connectivity index (χ4v) is 1.25. The SMILES string of the molecule is CCCC[CH]C(C)(O)CCCC. The molecule has 0 rings (SSSR count). The van der Waals surface area contributed by atoms with Crippen molar-refractivity contribution in [1.82, 2.24) is 0 Å². The van der Waals surface area contributed by atoms with Crippen LogP contribution >= 0.6 is 0 Å². The lowest BCUT2D eigenvalue weighted by atomic mass is 9.93. The van der Waals surface area contributed by atoms with Gasteiger partial charge in [-0.05, 0) is 26.2 Å². The molecule has 1 N–H and O–H groups in total. The van der Waals surface area contributed by atoms with Crippen LogP contribution in [0.1, 0.15) is 59.3 Å². The van der Waals surface area contributed by atoms with E-state index in [1.165, 1.54) is 12.8 Å². The monoisotopic (exact) mass is 171 g/mol. The van der Waals surface area contributed by atoms with Crippen LogP contribution in [0.4, 0.5) is 0 Å². The number of hydrogen-bond donors (Lipinski definition) is 1. The highest BCUT2D eigenvalue weighted by molar-refractivity contribution is 4.88. The normalized spacial score (nSPS) is 16.0. The first-order chi connectivity index (χ1) is 5.62. The summed E-state index contributed by atoms with van der Waals surface area (Å²) in [6.45, 7) is 6.25. The van der Waals surface area contributed by atoms with Gasteiger partial charge in [-0.15, -0.1) is 0 Å². The largest absolute Gasteiger partial charge is 0.390 e. The zero-order valence-electron chi connectivity index (χ0n) is 8.77. The molecule has 0 aliphatic carbocycles. The molecule has 73 valence electrons. The van der Waals surface area contributed by atoms with Crippen molar-refractivity contribution in [3.8, 4) is 0 Å². The van der Waals surface area contributed by atoms with E-state index < -0.39 is 5.60 Å². The predicted octanol–water partition coefficient (Wildman–Crippen LogP) is 3.32. The molecular weight excluding hydrogens is 148 g/mol. The summed E-state index contributed by atoms with van der Waals surface area (Å²) in [5, 5.41) is 9.82. The Morgan fingerprint density at radius 3 is 2.25 bits per heavy atom. The minimum atomic E-state index is -0.523. The highest BCUT2D eigenvalue weighted by atomic mass is 16.3. The van der Waals surface area contributed by atoms with Crippen LogP contribution in [0.3, 0.4) is 0 Å². The molecule has 0 amide bonds. The fraction of sp³-hybridized carbons (Fsp3) is 0.909. The quantitative estimate of drug-likeness (QED) is 0.583. The number of unbranched alkanes of at least 4 members (excludes halogenated alkanes) is 3. The third kappa shape index (κ3) is 6.66. The molecule has 0 aliphatic rings. The van der Waals surface area contributed by atoms with E-state index in [1.54, 1.807) is 0 Å². The average Bonchev–Trinajstić information content (AvgIpc) is 2.01. The molecule has 0 aromatic heterocycles. The van der Waals surface area contributed by atoms with Crippen LogP contribution in [0.15, 0.2) is 0 Å². The van der Waals surface area contributed by atoms with Gasteiger partial charge in [-0.3, -0.25) is 0 Å². The van der Waals surface area contributed by atoms with E-state index in [2.05, 4.69) is 20.3 Å². The van der Waals surface area contributed by atoms with Gasteiger partial charge in [0.1, 0.15) is 0 Å². The first-order valence-corrected chi connectivity index (χ1v) is 5.19. The summed E-state index contributed by atoms with van der Waals surface area (Å²) >= 11 is 0. The lowest BCUT2D eigenvalue weighted by Crippen LogP contribution is -2.24. The zero-order valence-corrected chi connectivity index (χ0v) is 8.77. The summed E-state index contributed by atoms with van der Waals surface area (Å²) in [6.07, 6.45) is 8.71. The molecule has 1 radical (unpaired) electrons. The van der Waals surface area contributed by atoms with Crippen molar-refractivity contribution >= 4 is 0 Å². The van der Waals surface area contributed by atoms with Crippen molar-refractivity contribution in [2.45, 2.75) is 64.9 Å². The summed E-state index contributed by atoms with van der Waals surface area (Å²) < 4.78 is 0. The average molecular weight is 171 g/mol. The molecule has 1 atom stereocenters. The van der Waals surface area contributed by atoms with E-state index >= 15 is 0 Å². The summed E-state index contributed by atoms with van der Waals surface area (Å²) in [7, 11) is 0. The van der Waals surface area contributed by atoms with Crippen molar-refractivity contribution in [1.29, 1.82) is 0 Å². The molecule has 0 aromatic carbocycles. The minimum absolute atomic E-state index is 0.523. The molecule has 12 heavy (non-hydrogen) atoms. The van der Waals surface area contributed by atoms with Crippen LogP contribution < -0.4 is 0 Å². The smallest absolute Gasteiger partial charge is 0.0651 e. The second-order valence-corrected chi connectivity index (χ2v) is 3.81. The standard InChI is InChI=1S/C11H23O/c1-4-6-8-10-11(3,12)9-7-5-2/h10,12H,4-9H2,1-3H3. The highest BCUT2D eigenvalue weighted by Crippen LogP contribution is 2.19. The Bertz CT molecular complexity index is 97.2. The van der Waals surface area contributed by atoms with Crippen LogP contribution in [-0.4, -0.2) is 10.7 Å². The first kappa shape index (κ1) is 12.0. The second-order valence-electron chi connectivity index (χ2n) is 3.81. The van der Waals surface area contributed by atoms with Gasteiger partial charge in [0.25, 0.3) is 0 Å². The number of aliphatic hydroxyl groups is 1. The van der Waals surface area contributed by atoms with E-state index in [4.69, 9.17) is 0 Å². The van der Waals surface area contributed by atoms with Crippen molar-refractivity contribution in [3.05, 3.63) is 6.42 Å². The molecule has 0 aromatic rings. The van der Waals surface area contributed by atoms with Gasteiger partial charge in [-0.25, -0.2) is 0 Å². The summed E-state index contributed by atoms with van der Waals surface area (Å²) in [4.78, 5) is 0. The molecule has 0 aliphatic heterocycles. The second kappa shape index (κ2) is 6.47. The van der Waals surface area contributed by atoms with Crippen LogP contribution in [0.2, 0.25) is 0 Å². The van der Waals surface area contributed by atoms with Gasteiger partial charge in [-0.2, -0.15) is 0 Å². The lowest BCUT2D eigenvalue weighted by molar-refractivity contribution is 0.0782. The molecule has 0 bridgehead atoms. The fourth-order valence-electron chi connectivity index (χ4n) is 1.25. The molecule has 1 heteroatoms. The van der Waals surface area contributed by atoms with Gasteiger partial charge in [0.2, 0.25) is 0 Å². The van der Waals surface area contributed by atoms with E-state index in [0.29, 0.717) is 0 Å². The van der Waals surface area contributed by atoms with E-state index in [0.717, 1.165) is 25.7 Å². The Morgan fingerprint density at radius 2 is 1.75 bits per heavy atom. The Morgan fingerprint density at radius 1 is 1.17 bits per heavy atom. The van der Waals surface area contributed by atoms with Crippen LogP contribution in [0, 0.1) is 6.42 Å². The maximum Gasteiger partial charge on any atom is 0.0651 e. The third-order valence-electron chi connectivity index (χ3n) is 2.18. The molecule has 0 heterocycles. The minimum Gasteiger partial charge on any atom is -0.390 e. The Kier molecular flexibility index (Phi) is 6.45. The molecule has 1 nitrogen and oxygen atoms in total. The zero-order chi connectivity index (χ0) is 9.45. The van der Waals surface area contributed by atoms with E-state index in [9.17, 15) is 5.11 Å². The molecular formula is C11H23O. The lowest BCUT2D eigenvalue weighted by Gasteiger charge is -2.22. The Hall–Kier alpha value is -0.0400. The topological polar surface area (TPSA) is 20.2 Å². The van der Waals surface area contributed by atoms with E-state index in [-0.39, 0.29) is 0 Å². The molecule has 0 fully saturated rings. The highest BCUT2D eigenvalue weighted by Gasteiger charge is 2.18. The number of rotatable bonds is 7. The Labute approximate surface area is 77.2 Å². The maximum absolute atomic E-state index is 9.82. The van der Waals surface area contributed by atoms with Crippen molar-refractivity contribution in [3.63, 3.8) is 0 Å². The molecule has 0 spiro atoms. The van der Waals surface area contributed by atoms with Crippen molar-refractivity contribution in [2.24, 2.45) is 0 Å². The van der Waals surface area contributed by atoms with Crippen LogP contribution in [0.25, 0.3) is 0 Å². The van der Waals surface area contributed by atoms with Crippen LogP contribution in [0.5, 0.6) is 0 Å². The first-order valence-electron chi connectivity index (χ1n) is 5.19. The Balaban J connectivity index is 3.42. The maximum atomic E-state index is 9.82. The molecule has 1 unspecified atom stereocenters. The molecule has 0 saturated heterocycles. The summed E-state index contributed by atoms with van der Waals surface area (Å²) in [5.74, 6) is 0. The van der Waals surface area contributed by atoms with Gasteiger partial charge in [0.05, 0.1) is 5.60 Å². The van der Waals surface area contributed by atoms with Crippen molar-refractivity contribution < 1.29 is 5.11 Å². The summed E-state index contributed by atoms with van der Waals surface area (Å²) in [6, 6.07) is 0. The van der Waals surface area contributed by atoms with E-state index in [1.807, 2.05) is 6.92 Å². The van der Waals surface area contributed by atoms with Gasteiger partial charge < -0.3 is 5.11 Å². The molecule has 0 saturated carbocycles. The van der Waals surface area contributed by atoms with Gasteiger partial charge in [-0.1, -0.05) is 39.5 Å². The predicted molar refractivity (Wildman–Crippen MR) is 54.0 cm³/mol. The van der Waals surface area contributed by atoms with Crippen LogP contribution in [-0.2, 0) is 0 Å². The summed E-state index contributed by atoms with van der Waals surface area (Å²) in [5.41, 5.74) is -0.523.